The summed E-state index contributed by atoms with van der Waals surface area (Å²) in [5, 5.41) is 53.8. The molecule has 10 nitrogen and oxygen atoms in total. The number of Topliss-reactive ketones (excluding diaryl/α,β-unsaturated/α-hetero) is 2. The van der Waals surface area contributed by atoms with Crippen molar-refractivity contribution in [3.8, 4) is 5.75 Å². The first-order valence-electron chi connectivity index (χ1n) is 11.5. The number of carbonyl (C=O) groups excluding carboxylic acids is 3. The minimum Gasteiger partial charge on any atom is -0.510 e. The molecule has 0 heterocycles. The van der Waals surface area contributed by atoms with Gasteiger partial charge in [-0.25, -0.2) is 0 Å². The zero-order valence-corrected chi connectivity index (χ0v) is 19.8. The van der Waals surface area contributed by atoms with E-state index in [9.17, 15) is 39.9 Å². The lowest BCUT2D eigenvalue weighted by molar-refractivity contribution is -0.148. The van der Waals surface area contributed by atoms with Gasteiger partial charge in [-0.1, -0.05) is 6.07 Å². The van der Waals surface area contributed by atoms with E-state index in [4.69, 9.17) is 5.73 Å². The lowest BCUT2D eigenvalue weighted by atomic mass is 9.58. The minimum atomic E-state index is -2.65. The zero-order chi connectivity index (χ0) is 26.0. The molecule has 0 bridgehead atoms. The Bertz CT molecular complexity index is 1200. The van der Waals surface area contributed by atoms with E-state index in [-0.39, 0.29) is 29.7 Å². The molecule has 7 N–H and O–H groups in total. The summed E-state index contributed by atoms with van der Waals surface area (Å²) < 4.78 is 0. The van der Waals surface area contributed by atoms with Gasteiger partial charge in [0.1, 0.15) is 22.8 Å². The molecule has 188 valence electrons. The number of hydrogen-bond acceptors (Lipinski definition) is 9. The Morgan fingerprint density at radius 2 is 1.89 bits per heavy atom. The number of allylic oxidation sites excluding steroid dienone is 1. The second kappa shape index (κ2) is 8.47. The number of phenolic OH excluding ortho intramolecular Hbond substituents is 1. The number of aromatic hydroxyl groups is 1. The smallest absolute Gasteiger partial charge is 0.255 e. The van der Waals surface area contributed by atoms with Crippen LogP contribution >= 0.6 is 0 Å². The molecule has 0 fully saturated rings. The summed E-state index contributed by atoms with van der Waals surface area (Å²) in [6.45, 7) is 1.65. The highest BCUT2D eigenvalue weighted by Gasteiger charge is 2.63. The lowest BCUT2D eigenvalue weighted by Gasteiger charge is -2.50. The van der Waals surface area contributed by atoms with E-state index in [0.717, 1.165) is 5.56 Å². The summed E-state index contributed by atoms with van der Waals surface area (Å²) in [6.07, 6.45) is 0.613. The molecule has 1 unspecified atom stereocenters. The van der Waals surface area contributed by atoms with Crippen LogP contribution < -0.4 is 5.73 Å². The topological polar surface area (TPSA) is 182 Å². The number of likely N-dealkylation sites (N-methyl/N-ethyl adjacent to an activating group) is 1. The molecule has 0 radical (unpaired) electrons. The summed E-state index contributed by atoms with van der Waals surface area (Å²) in [7, 11) is 3.17. The van der Waals surface area contributed by atoms with E-state index in [1.165, 1.54) is 11.0 Å². The van der Waals surface area contributed by atoms with Crippen LogP contribution in [-0.2, 0) is 22.4 Å². The molecule has 3 aliphatic rings. The average Bonchev–Trinajstić information content (AvgIpc) is 2.75. The number of hydrogen-bond donors (Lipinski definition) is 6. The molecular weight excluding hydrogens is 456 g/mol. The third-order valence-corrected chi connectivity index (χ3v) is 7.53. The van der Waals surface area contributed by atoms with Gasteiger partial charge >= 0.3 is 0 Å². The Kier molecular flexibility index (Phi) is 6.03. The maximum absolute atomic E-state index is 13.6. The van der Waals surface area contributed by atoms with Crippen molar-refractivity contribution in [3.63, 3.8) is 0 Å². The van der Waals surface area contributed by atoms with E-state index in [1.54, 1.807) is 27.1 Å². The number of nitrogens with two attached hydrogens (primary N) is 1. The van der Waals surface area contributed by atoms with Crippen LogP contribution in [0.1, 0.15) is 41.3 Å². The Balaban J connectivity index is 1.91. The zero-order valence-electron chi connectivity index (χ0n) is 19.8. The Hall–Kier alpha value is -3.21. The third kappa shape index (κ3) is 3.55. The third-order valence-electron chi connectivity index (χ3n) is 7.53. The summed E-state index contributed by atoms with van der Waals surface area (Å²) in [5.74, 6) is -6.70. The predicted molar refractivity (Wildman–Crippen MR) is 124 cm³/mol. The first-order valence-corrected chi connectivity index (χ1v) is 11.5. The minimum absolute atomic E-state index is 0.0196. The summed E-state index contributed by atoms with van der Waals surface area (Å²) >= 11 is 0. The molecule has 35 heavy (non-hydrogen) atoms. The van der Waals surface area contributed by atoms with E-state index in [2.05, 4.69) is 0 Å². The second-order valence-corrected chi connectivity index (χ2v) is 9.95. The highest BCUT2D eigenvalue weighted by molar-refractivity contribution is 6.24. The van der Waals surface area contributed by atoms with Gasteiger partial charge < -0.3 is 31.3 Å². The van der Waals surface area contributed by atoms with E-state index >= 15 is 0 Å². The SMILES string of the molecule is CC(O)CCc1ccc(O)c2c1C[C@@H]1C[C@@H]3[C@@H](N(C)C)C(O)=C(C(N)=O)C(=O)[C@@]3(O)C(O)=C1C2=O. The quantitative estimate of drug-likeness (QED) is 0.322. The van der Waals surface area contributed by atoms with E-state index in [1.807, 2.05) is 0 Å². The number of benzene rings is 1. The van der Waals surface area contributed by atoms with Crippen LogP contribution in [0.15, 0.2) is 34.8 Å². The number of aryl methyl sites for hydroxylation is 1. The summed E-state index contributed by atoms with van der Waals surface area (Å²) in [4.78, 5) is 40.3. The highest BCUT2D eigenvalue weighted by Crippen LogP contribution is 2.52. The van der Waals surface area contributed by atoms with Crippen molar-refractivity contribution in [2.75, 3.05) is 14.1 Å². The Morgan fingerprint density at radius 1 is 1.23 bits per heavy atom. The molecule has 5 atom stereocenters. The fraction of sp³-hybridized carbons (Fsp3) is 0.480. The van der Waals surface area contributed by atoms with Crippen molar-refractivity contribution in [3.05, 3.63) is 51.5 Å². The maximum Gasteiger partial charge on any atom is 0.255 e. The second-order valence-electron chi connectivity index (χ2n) is 9.95. The predicted octanol–water partition coefficient (Wildman–Crippen LogP) is 0.434. The molecule has 0 saturated carbocycles. The van der Waals surface area contributed by atoms with Crippen LogP contribution in [0, 0.1) is 11.8 Å². The number of primary amides is 1. The molecule has 0 aromatic heterocycles. The van der Waals surface area contributed by atoms with Crippen molar-refractivity contribution in [1.29, 1.82) is 0 Å². The van der Waals surface area contributed by atoms with Crippen LogP contribution in [0.4, 0.5) is 0 Å². The van der Waals surface area contributed by atoms with Gasteiger partial charge in [-0.3, -0.25) is 19.3 Å². The molecule has 1 aromatic carbocycles. The van der Waals surface area contributed by atoms with Gasteiger partial charge in [0.25, 0.3) is 5.91 Å². The molecule has 0 aliphatic heterocycles. The molecular formula is C25H30N2O8. The van der Waals surface area contributed by atoms with Gasteiger partial charge in [0.2, 0.25) is 5.78 Å². The normalized spacial score (nSPS) is 29.1. The van der Waals surface area contributed by atoms with Crippen LogP contribution in [-0.4, -0.2) is 79.7 Å². The number of rotatable bonds is 5. The molecule has 10 heteroatoms. The first-order chi connectivity index (χ1) is 16.3. The number of phenols is 1. The number of nitrogens with zero attached hydrogens (tertiary/aromatic N) is 1. The van der Waals surface area contributed by atoms with Crippen molar-refractivity contribution in [2.45, 2.75) is 50.4 Å². The number of aliphatic hydroxyl groups is 4. The number of fused-ring (bicyclic) bond motifs is 3. The van der Waals surface area contributed by atoms with Crippen LogP contribution in [0.3, 0.4) is 0 Å². The van der Waals surface area contributed by atoms with E-state index in [0.29, 0.717) is 18.4 Å². The summed E-state index contributed by atoms with van der Waals surface area (Å²) in [5.41, 5.74) is 2.99. The van der Waals surface area contributed by atoms with Crippen LogP contribution in [0.5, 0.6) is 5.75 Å². The van der Waals surface area contributed by atoms with Gasteiger partial charge in [-0.05, 0) is 69.8 Å². The Morgan fingerprint density at radius 3 is 2.46 bits per heavy atom. The molecule has 1 aromatic rings. The van der Waals surface area contributed by atoms with Crippen LogP contribution in [0.25, 0.3) is 0 Å². The number of carbonyl (C=O) groups is 3. The van der Waals surface area contributed by atoms with Gasteiger partial charge in [0.05, 0.1) is 17.7 Å². The first kappa shape index (κ1) is 24.9. The maximum atomic E-state index is 13.6. The van der Waals surface area contributed by atoms with Crippen molar-refractivity contribution < 1.29 is 39.9 Å². The van der Waals surface area contributed by atoms with Gasteiger partial charge in [-0.2, -0.15) is 0 Å². The number of ketones is 2. The number of aliphatic hydroxyl groups excluding tert-OH is 3. The molecule has 0 spiro atoms. The average molecular weight is 487 g/mol. The van der Waals surface area contributed by atoms with Gasteiger partial charge in [0, 0.05) is 11.5 Å². The molecule has 3 aliphatic carbocycles. The monoisotopic (exact) mass is 486 g/mol. The molecule has 1 amide bonds. The molecule has 4 rings (SSSR count). The highest BCUT2D eigenvalue weighted by atomic mass is 16.3. The molecule has 0 saturated heterocycles. The van der Waals surface area contributed by atoms with Crippen molar-refractivity contribution in [1.82, 2.24) is 4.90 Å². The van der Waals surface area contributed by atoms with Gasteiger partial charge in [0.15, 0.2) is 11.4 Å². The van der Waals surface area contributed by atoms with Crippen molar-refractivity contribution in [2.24, 2.45) is 17.6 Å². The standard InChI is InChI=1S/C25H30N2O8/c1-10(28)4-5-11-6-7-15(29)17-13(11)8-12-9-14-19(27(2)3)21(31)18(24(26)34)23(33)25(14,35)22(32)16(12)20(17)30/h6-7,10,12,14,19,28-29,31-32,35H,4-5,8-9H2,1-3H3,(H2,26,34)/t10?,12-,14-,19-,25+/m1/s1. The summed E-state index contributed by atoms with van der Waals surface area (Å²) in [6, 6.07) is 2.03. The van der Waals surface area contributed by atoms with Gasteiger partial charge in [-0.15, -0.1) is 0 Å². The number of amides is 1. The van der Waals surface area contributed by atoms with E-state index < -0.39 is 64.1 Å². The van der Waals surface area contributed by atoms with Crippen LogP contribution in [0.2, 0.25) is 0 Å². The lowest BCUT2D eigenvalue weighted by Crippen LogP contribution is -2.63. The fourth-order valence-corrected chi connectivity index (χ4v) is 5.91. The Labute approximate surface area is 202 Å². The fourth-order valence-electron chi connectivity index (χ4n) is 5.91. The largest absolute Gasteiger partial charge is 0.510 e. The van der Waals surface area contributed by atoms with Crippen molar-refractivity contribution >= 4 is 17.5 Å².